The van der Waals surface area contributed by atoms with Crippen LogP contribution in [0.25, 0.3) is 22.6 Å². The van der Waals surface area contributed by atoms with E-state index in [1.165, 1.54) is 23.1 Å². The number of carbonyl (C=O) groups excluding carboxylic acids is 1. The van der Waals surface area contributed by atoms with Crippen molar-refractivity contribution in [3.63, 3.8) is 0 Å². The fourth-order valence-corrected chi connectivity index (χ4v) is 4.37. The molecular formula is C19H19N5O2S2. The number of aryl methyl sites for hydroxylation is 1. The molecule has 0 aliphatic carbocycles. The van der Waals surface area contributed by atoms with Crippen LogP contribution < -0.4 is 5.32 Å². The lowest BCUT2D eigenvalue weighted by molar-refractivity contribution is -0.113. The van der Waals surface area contributed by atoms with Crippen molar-refractivity contribution in [2.45, 2.75) is 32.0 Å². The highest BCUT2D eigenvalue weighted by atomic mass is 32.2. The maximum atomic E-state index is 12.2. The van der Waals surface area contributed by atoms with Crippen LogP contribution in [-0.4, -0.2) is 31.4 Å². The Bertz CT molecular complexity index is 1100. The van der Waals surface area contributed by atoms with Gasteiger partial charge >= 0.3 is 0 Å². The van der Waals surface area contributed by atoms with Gasteiger partial charge in [0.1, 0.15) is 5.58 Å². The number of nitrogens with zero attached hydrogens (tertiary/aromatic N) is 4. The van der Waals surface area contributed by atoms with Crippen LogP contribution in [0.1, 0.15) is 25.6 Å². The molecule has 0 spiro atoms. The van der Waals surface area contributed by atoms with Gasteiger partial charge in [0.25, 0.3) is 0 Å². The predicted molar refractivity (Wildman–Crippen MR) is 112 cm³/mol. The van der Waals surface area contributed by atoms with E-state index in [9.17, 15) is 4.79 Å². The highest BCUT2D eigenvalue weighted by Crippen LogP contribution is 2.31. The van der Waals surface area contributed by atoms with E-state index in [2.05, 4.69) is 34.3 Å². The van der Waals surface area contributed by atoms with Crippen LogP contribution in [0, 0.1) is 6.92 Å². The third-order valence-electron chi connectivity index (χ3n) is 4.02. The molecule has 0 aliphatic rings. The minimum Gasteiger partial charge on any atom is -0.453 e. The van der Waals surface area contributed by atoms with Crippen LogP contribution >= 0.6 is 23.1 Å². The highest BCUT2D eigenvalue weighted by molar-refractivity contribution is 7.99. The first-order valence-electron chi connectivity index (χ1n) is 8.80. The Morgan fingerprint density at radius 2 is 2.14 bits per heavy atom. The number of nitrogens with one attached hydrogen (secondary N) is 1. The molecule has 0 radical (unpaired) electrons. The SMILES string of the molecule is Cc1csc(NC(=O)CSc2nnc(-c3cc4ccccc4o3)n2C(C)C)n1. The summed E-state index contributed by atoms with van der Waals surface area (Å²) in [6, 6.07) is 9.91. The maximum Gasteiger partial charge on any atom is 0.236 e. The molecule has 0 bridgehead atoms. The quantitative estimate of drug-likeness (QED) is 0.458. The maximum absolute atomic E-state index is 12.2. The second-order valence-electron chi connectivity index (χ2n) is 6.55. The van der Waals surface area contributed by atoms with E-state index in [4.69, 9.17) is 4.42 Å². The van der Waals surface area contributed by atoms with Crippen LogP contribution in [0.15, 0.2) is 45.3 Å². The van der Waals surface area contributed by atoms with Crippen LogP contribution in [0.2, 0.25) is 0 Å². The lowest BCUT2D eigenvalue weighted by Crippen LogP contribution is -2.15. The smallest absolute Gasteiger partial charge is 0.236 e. The van der Waals surface area contributed by atoms with Gasteiger partial charge in [-0.25, -0.2) is 4.98 Å². The average Bonchev–Trinajstić information content (AvgIpc) is 3.36. The molecule has 0 aliphatic heterocycles. The Morgan fingerprint density at radius 1 is 1.32 bits per heavy atom. The summed E-state index contributed by atoms with van der Waals surface area (Å²) in [7, 11) is 0. The molecule has 0 unspecified atom stereocenters. The summed E-state index contributed by atoms with van der Waals surface area (Å²) < 4.78 is 7.94. The fraction of sp³-hybridized carbons (Fsp3) is 0.263. The molecule has 1 aromatic carbocycles. The Balaban J connectivity index is 1.54. The Labute approximate surface area is 170 Å². The topological polar surface area (TPSA) is 85.8 Å². The van der Waals surface area contributed by atoms with Gasteiger partial charge in [-0.15, -0.1) is 21.5 Å². The molecule has 1 amide bonds. The van der Waals surface area contributed by atoms with Crippen molar-refractivity contribution < 1.29 is 9.21 Å². The molecule has 4 rings (SSSR count). The zero-order valence-electron chi connectivity index (χ0n) is 15.7. The van der Waals surface area contributed by atoms with Gasteiger partial charge in [-0.1, -0.05) is 30.0 Å². The highest BCUT2D eigenvalue weighted by Gasteiger charge is 2.20. The second kappa shape index (κ2) is 7.76. The minimum atomic E-state index is -0.122. The molecule has 4 aromatic rings. The van der Waals surface area contributed by atoms with Gasteiger partial charge in [0, 0.05) is 16.8 Å². The second-order valence-corrected chi connectivity index (χ2v) is 8.35. The van der Waals surface area contributed by atoms with Crippen molar-refractivity contribution in [3.05, 3.63) is 41.4 Å². The molecule has 0 saturated carbocycles. The molecule has 9 heteroatoms. The normalized spacial score (nSPS) is 11.4. The van der Waals surface area contributed by atoms with Crippen LogP contribution in [0.3, 0.4) is 0 Å². The Morgan fingerprint density at radius 3 is 2.86 bits per heavy atom. The number of rotatable bonds is 6. The standard InChI is InChI=1S/C19H19N5O2S2/c1-11(2)24-17(15-8-13-6-4-5-7-14(13)26-15)22-23-19(24)28-10-16(25)21-18-20-12(3)9-27-18/h4-9,11H,10H2,1-3H3,(H,20,21,25). The van der Waals surface area contributed by atoms with Crippen LogP contribution in [0.4, 0.5) is 5.13 Å². The van der Waals surface area contributed by atoms with Gasteiger partial charge in [-0.05, 0) is 32.9 Å². The van der Waals surface area contributed by atoms with Gasteiger partial charge in [-0.3, -0.25) is 9.36 Å². The number of anilines is 1. The number of hydrogen-bond acceptors (Lipinski definition) is 7. The Kier molecular flexibility index (Phi) is 5.19. The molecular weight excluding hydrogens is 394 g/mol. The molecule has 144 valence electrons. The van der Waals surface area contributed by atoms with E-state index in [-0.39, 0.29) is 17.7 Å². The molecule has 3 heterocycles. The fourth-order valence-electron chi connectivity index (χ4n) is 2.80. The summed E-state index contributed by atoms with van der Waals surface area (Å²) in [5.41, 5.74) is 1.70. The van der Waals surface area contributed by atoms with Crippen molar-refractivity contribution in [1.29, 1.82) is 0 Å². The number of thiazole rings is 1. The van der Waals surface area contributed by atoms with Crippen LogP contribution in [0.5, 0.6) is 0 Å². The molecule has 3 aromatic heterocycles. The van der Waals surface area contributed by atoms with Crippen molar-refractivity contribution >= 4 is 45.1 Å². The number of thioether (sulfide) groups is 1. The van der Waals surface area contributed by atoms with Gasteiger partial charge in [0.05, 0.1) is 11.4 Å². The monoisotopic (exact) mass is 413 g/mol. The summed E-state index contributed by atoms with van der Waals surface area (Å²) in [5.74, 6) is 1.42. The minimum absolute atomic E-state index is 0.116. The van der Waals surface area contributed by atoms with Gasteiger partial charge < -0.3 is 9.73 Å². The largest absolute Gasteiger partial charge is 0.453 e. The summed E-state index contributed by atoms with van der Waals surface area (Å²) in [4.78, 5) is 16.5. The van der Waals surface area contributed by atoms with Crippen LogP contribution in [-0.2, 0) is 4.79 Å². The first-order valence-corrected chi connectivity index (χ1v) is 10.7. The van der Waals surface area contributed by atoms with Crippen molar-refractivity contribution in [1.82, 2.24) is 19.7 Å². The summed E-state index contributed by atoms with van der Waals surface area (Å²) >= 11 is 2.76. The van der Waals surface area contributed by atoms with E-state index >= 15 is 0 Å². The molecule has 28 heavy (non-hydrogen) atoms. The number of aromatic nitrogens is 4. The molecule has 1 N–H and O–H groups in total. The number of fused-ring (bicyclic) bond motifs is 1. The number of furan rings is 1. The zero-order valence-corrected chi connectivity index (χ0v) is 17.3. The van der Waals surface area contributed by atoms with Crippen molar-refractivity contribution in [3.8, 4) is 11.6 Å². The number of carbonyl (C=O) groups is 1. The third-order valence-corrected chi connectivity index (χ3v) is 5.84. The first kappa shape index (κ1) is 18.7. The predicted octanol–water partition coefficient (Wildman–Crippen LogP) is 4.77. The third kappa shape index (κ3) is 3.81. The molecule has 0 saturated heterocycles. The van der Waals surface area contributed by atoms with Gasteiger partial charge in [-0.2, -0.15) is 0 Å². The summed E-state index contributed by atoms with van der Waals surface area (Å²) in [6.07, 6.45) is 0. The van der Waals surface area contributed by atoms with Crippen molar-refractivity contribution in [2.75, 3.05) is 11.1 Å². The molecule has 0 atom stereocenters. The number of benzene rings is 1. The molecule has 7 nitrogen and oxygen atoms in total. The molecule has 0 fully saturated rings. The van der Waals surface area contributed by atoms with E-state index < -0.39 is 0 Å². The number of hydrogen-bond donors (Lipinski definition) is 1. The van der Waals surface area contributed by atoms with E-state index in [0.717, 1.165) is 16.7 Å². The Hall–Kier alpha value is -2.65. The van der Waals surface area contributed by atoms with Gasteiger partial charge in [0.15, 0.2) is 16.0 Å². The first-order chi connectivity index (χ1) is 13.5. The number of para-hydroxylation sites is 1. The van der Waals surface area contributed by atoms with E-state index in [1.807, 2.05) is 47.2 Å². The van der Waals surface area contributed by atoms with Gasteiger partial charge in [0.2, 0.25) is 11.7 Å². The average molecular weight is 414 g/mol. The summed E-state index contributed by atoms with van der Waals surface area (Å²) in [6.45, 7) is 6.00. The van der Waals surface area contributed by atoms with Crippen molar-refractivity contribution in [2.24, 2.45) is 0 Å². The lowest BCUT2D eigenvalue weighted by Gasteiger charge is -2.12. The lowest BCUT2D eigenvalue weighted by atomic mass is 10.2. The van der Waals surface area contributed by atoms with E-state index in [0.29, 0.717) is 21.9 Å². The summed E-state index contributed by atoms with van der Waals surface area (Å²) in [5, 5.41) is 15.6. The number of amides is 1. The van der Waals surface area contributed by atoms with E-state index in [1.54, 1.807) is 0 Å². The zero-order chi connectivity index (χ0) is 19.7.